The first-order valence-corrected chi connectivity index (χ1v) is 6.14. The van der Waals surface area contributed by atoms with Gasteiger partial charge in [-0.2, -0.15) is 0 Å². The highest BCUT2D eigenvalue weighted by atomic mass is 19.1. The molecule has 0 saturated carbocycles. The van der Waals surface area contributed by atoms with E-state index in [4.69, 9.17) is 0 Å². The van der Waals surface area contributed by atoms with Gasteiger partial charge < -0.3 is 10.6 Å². The average molecular weight is 251 g/mol. The predicted octanol–water partition coefficient (Wildman–Crippen LogP) is 1.06. The van der Waals surface area contributed by atoms with Crippen LogP contribution in [0.25, 0.3) is 0 Å². The maximum absolute atomic E-state index is 13.0. The molecule has 1 aromatic carbocycles. The van der Waals surface area contributed by atoms with Gasteiger partial charge in [-0.1, -0.05) is 6.07 Å². The van der Waals surface area contributed by atoms with Gasteiger partial charge in [-0.25, -0.2) is 4.39 Å². The Morgan fingerprint density at radius 2 is 2.44 bits per heavy atom. The number of carbonyl (C=O) groups excluding carboxylic acids is 1. The van der Waals surface area contributed by atoms with Gasteiger partial charge in [-0.05, 0) is 25.1 Å². The lowest BCUT2D eigenvalue weighted by atomic mass is 10.2. The molecule has 1 amide bonds. The van der Waals surface area contributed by atoms with Crippen LogP contribution >= 0.6 is 0 Å². The van der Waals surface area contributed by atoms with Gasteiger partial charge in [-0.3, -0.25) is 9.69 Å². The molecular formula is C13H18FN3O. The van der Waals surface area contributed by atoms with Crippen LogP contribution in [-0.4, -0.2) is 43.0 Å². The molecule has 0 radical (unpaired) electrons. The average Bonchev–Trinajstić information content (AvgIpc) is 2.28. The van der Waals surface area contributed by atoms with E-state index < -0.39 is 0 Å². The van der Waals surface area contributed by atoms with Crippen LogP contribution in [0.4, 0.5) is 10.1 Å². The highest BCUT2D eigenvalue weighted by Crippen LogP contribution is 2.09. The van der Waals surface area contributed by atoms with Gasteiger partial charge in [0, 0.05) is 31.4 Å². The zero-order valence-electron chi connectivity index (χ0n) is 10.4. The quantitative estimate of drug-likeness (QED) is 0.844. The Balaban J connectivity index is 1.85. The predicted molar refractivity (Wildman–Crippen MR) is 68.9 cm³/mol. The highest BCUT2D eigenvalue weighted by Gasteiger charge is 2.17. The molecule has 1 saturated heterocycles. The van der Waals surface area contributed by atoms with Crippen molar-refractivity contribution < 1.29 is 9.18 Å². The molecule has 1 unspecified atom stereocenters. The molecule has 5 heteroatoms. The van der Waals surface area contributed by atoms with Crippen molar-refractivity contribution in [2.75, 3.05) is 31.5 Å². The molecule has 2 N–H and O–H groups in total. The Labute approximate surface area is 106 Å². The first kappa shape index (κ1) is 13.0. The van der Waals surface area contributed by atoms with Gasteiger partial charge in [0.15, 0.2) is 0 Å². The van der Waals surface area contributed by atoms with Crippen molar-refractivity contribution in [2.45, 2.75) is 13.0 Å². The minimum absolute atomic E-state index is 0.102. The Hall–Kier alpha value is -1.46. The van der Waals surface area contributed by atoms with Crippen molar-refractivity contribution in [3.05, 3.63) is 30.1 Å². The fraction of sp³-hybridized carbons (Fsp3) is 0.462. The lowest BCUT2D eigenvalue weighted by Crippen LogP contribution is -2.51. The molecule has 0 aromatic heterocycles. The Morgan fingerprint density at radius 1 is 1.61 bits per heavy atom. The number of hydrogen-bond donors (Lipinski definition) is 2. The van der Waals surface area contributed by atoms with Crippen LogP contribution in [0.15, 0.2) is 24.3 Å². The van der Waals surface area contributed by atoms with Crippen LogP contribution in [0.1, 0.15) is 6.92 Å². The van der Waals surface area contributed by atoms with Crippen molar-refractivity contribution in [2.24, 2.45) is 0 Å². The monoisotopic (exact) mass is 251 g/mol. The third kappa shape index (κ3) is 3.78. The van der Waals surface area contributed by atoms with Gasteiger partial charge in [0.05, 0.1) is 6.54 Å². The maximum atomic E-state index is 13.0. The van der Waals surface area contributed by atoms with E-state index in [-0.39, 0.29) is 11.7 Å². The second-order valence-corrected chi connectivity index (χ2v) is 4.65. The fourth-order valence-corrected chi connectivity index (χ4v) is 2.13. The fourth-order valence-electron chi connectivity index (χ4n) is 2.13. The topological polar surface area (TPSA) is 44.4 Å². The summed E-state index contributed by atoms with van der Waals surface area (Å²) < 4.78 is 13.0. The SMILES string of the molecule is CC1CN(CC(=O)Nc2cccc(F)c2)CCN1. The molecule has 0 aliphatic carbocycles. The van der Waals surface area contributed by atoms with Crippen molar-refractivity contribution in [3.63, 3.8) is 0 Å². The molecule has 98 valence electrons. The summed E-state index contributed by atoms with van der Waals surface area (Å²) in [6, 6.07) is 6.34. The number of piperazine rings is 1. The summed E-state index contributed by atoms with van der Waals surface area (Å²) in [7, 11) is 0. The summed E-state index contributed by atoms with van der Waals surface area (Å²) in [5, 5.41) is 6.02. The molecule has 0 spiro atoms. The van der Waals surface area contributed by atoms with E-state index in [0.29, 0.717) is 18.3 Å². The van der Waals surface area contributed by atoms with E-state index in [1.165, 1.54) is 12.1 Å². The first-order chi connectivity index (χ1) is 8.63. The summed E-state index contributed by atoms with van der Waals surface area (Å²) in [4.78, 5) is 13.9. The first-order valence-electron chi connectivity index (χ1n) is 6.14. The number of nitrogens with one attached hydrogen (secondary N) is 2. The van der Waals surface area contributed by atoms with Crippen molar-refractivity contribution >= 4 is 11.6 Å². The van der Waals surface area contributed by atoms with Crippen molar-refractivity contribution in [3.8, 4) is 0 Å². The van der Waals surface area contributed by atoms with E-state index in [0.717, 1.165) is 19.6 Å². The van der Waals surface area contributed by atoms with Gasteiger partial charge in [0.2, 0.25) is 5.91 Å². The van der Waals surface area contributed by atoms with Gasteiger partial charge in [-0.15, -0.1) is 0 Å². The number of rotatable bonds is 3. The summed E-state index contributed by atoms with van der Waals surface area (Å²) in [5.41, 5.74) is 0.503. The molecule has 1 aliphatic rings. The van der Waals surface area contributed by atoms with Crippen molar-refractivity contribution in [1.82, 2.24) is 10.2 Å². The number of amides is 1. The summed E-state index contributed by atoms with van der Waals surface area (Å²) >= 11 is 0. The van der Waals surface area contributed by atoms with Crippen LogP contribution in [0.5, 0.6) is 0 Å². The molecule has 1 atom stereocenters. The zero-order chi connectivity index (χ0) is 13.0. The number of halogens is 1. The Morgan fingerprint density at radius 3 is 3.17 bits per heavy atom. The lowest BCUT2D eigenvalue weighted by Gasteiger charge is -2.31. The van der Waals surface area contributed by atoms with E-state index >= 15 is 0 Å². The van der Waals surface area contributed by atoms with E-state index in [2.05, 4.69) is 22.5 Å². The lowest BCUT2D eigenvalue weighted by molar-refractivity contribution is -0.117. The molecule has 1 aliphatic heterocycles. The smallest absolute Gasteiger partial charge is 0.238 e. The van der Waals surface area contributed by atoms with Crippen LogP contribution in [0, 0.1) is 5.82 Å². The van der Waals surface area contributed by atoms with Crippen molar-refractivity contribution in [1.29, 1.82) is 0 Å². The third-order valence-electron chi connectivity index (χ3n) is 2.93. The Kier molecular flexibility index (Phi) is 4.28. The molecule has 4 nitrogen and oxygen atoms in total. The number of hydrogen-bond acceptors (Lipinski definition) is 3. The maximum Gasteiger partial charge on any atom is 0.238 e. The molecule has 18 heavy (non-hydrogen) atoms. The largest absolute Gasteiger partial charge is 0.325 e. The molecular weight excluding hydrogens is 233 g/mol. The van der Waals surface area contributed by atoms with Gasteiger partial charge in [0.1, 0.15) is 5.82 Å². The molecule has 1 fully saturated rings. The minimum Gasteiger partial charge on any atom is -0.325 e. The number of carbonyl (C=O) groups is 1. The summed E-state index contributed by atoms with van der Waals surface area (Å²) in [5.74, 6) is -0.446. The standard InChI is InChI=1S/C13H18FN3O/c1-10-8-17(6-5-15-10)9-13(18)16-12-4-2-3-11(14)7-12/h2-4,7,10,15H,5-6,8-9H2,1H3,(H,16,18). The van der Waals surface area contributed by atoms with Crippen LogP contribution in [0.3, 0.4) is 0 Å². The minimum atomic E-state index is -0.344. The van der Waals surface area contributed by atoms with Crippen LogP contribution in [-0.2, 0) is 4.79 Å². The van der Waals surface area contributed by atoms with Gasteiger partial charge in [0.25, 0.3) is 0 Å². The zero-order valence-corrected chi connectivity index (χ0v) is 10.4. The number of anilines is 1. The van der Waals surface area contributed by atoms with E-state index in [9.17, 15) is 9.18 Å². The molecule has 2 rings (SSSR count). The molecule has 0 bridgehead atoms. The van der Waals surface area contributed by atoms with E-state index in [1.54, 1.807) is 12.1 Å². The normalized spacial score (nSPS) is 20.7. The summed E-state index contributed by atoms with van der Waals surface area (Å²) in [6.07, 6.45) is 0. The number of nitrogens with zero attached hydrogens (tertiary/aromatic N) is 1. The van der Waals surface area contributed by atoms with Crippen LogP contribution < -0.4 is 10.6 Å². The third-order valence-corrected chi connectivity index (χ3v) is 2.93. The second kappa shape index (κ2) is 5.93. The highest BCUT2D eigenvalue weighted by molar-refractivity contribution is 5.92. The van der Waals surface area contributed by atoms with Gasteiger partial charge >= 0.3 is 0 Å². The summed E-state index contributed by atoms with van der Waals surface area (Å²) in [6.45, 7) is 5.06. The molecule has 1 aromatic rings. The van der Waals surface area contributed by atoms with Crippen LogP contribution in [0.2, 0.25) is 0 Å². The molecule has 1 heterocycles. The van der Waals surface area contributed by atoms with E-state index in [1.807, 2.05) is 0 Å². The second-order valence-electron chi connectivity index (χ2n) is 4.65. The Bertz CT molecular complexity index is 424. The number of benzene rings is 1.